The predicted octanol–water partition coefficient (Wildman–Crippen LogP) is 3.73. The molecule has 1 atom stereocenters. The second-order valence-corrected chi connectivity index (χ2v) is 7.40. The number of rotatable bonds is 8. The van der Waals surface area contributed by atoms with Gasteiger partial charge in [-0.15, -0.1) is 0 Å². The zero-order chi connectivity index (χ0) is 20.0. The molecule has 1 aromatic heterocycles. The Balaban J connectivity index is 1.83. The van der Waals surface area contributed by atoms with E-state index in [1.807, 2.05) is 66.3 Å². The Morgan fingerprint density at radius 1 is 1.11 bits per heavy atom. The van der Waals surface area contributed by atoms with Crippen LogP contribution in [0.1, 0.15) is 37.8 Å². The smallest absolute Gasteiger partial charge is 0.240 e. The SMILES string of the molecule is CCCC(C)(N)C(=O)NCc1cn(Cc2ccccc2)nc1-c1ccccc1. The Labute approximate surface area is 166 Å². The summed E-state index contributed by atoms with van der Waals surface area (Å²) in [5, 5.41) is 7.78. The molecule has 0 radical (unpaired) electrons. The first-order valence-electron chi connectivity index (χ1n) is 9.72. The average molecular weight is 377 g/mol. The highest BCUT2D eigenvalue weighted by Gasteiger charge is 2.27. The van der Waals surface area contributed by atoms with E-state index < -0.39 is 5.54 Å². The highest BCUT2D eigenvalue weighted by Crippen LogP contribution is 2.22. The van der Waals surface area contributed by atoms with Crippen molar-refractivity contribution in [1.82, 2.24) is 15.1 Å². The van der Waals surface area contributed by atoms with E-state index in [4.69, 9.17) is 10.8 Å². The van der Waals surface area contributed by atoms with E-state index in [9.17, 15) is 4.79 Å². The fraction of sp³-hybridized carbons (Fsp3) is 0.304. The third kappa shape index (κ3) is 4.87. The van der Waals surface area contributed by atoms with Gasteiger partial charge >= 0.3 is 0 Å². The quantitative estimate of drug-likeness (QED) is 0.629. The molecule has 0 saturated heterocycles. The van der Waals surface area contributed by atoms with Gasteiger partial charge in [0.05, 0.1) is 17.8 Å². The van der Waals surface area contributed by atoms with Crippen molar-refractivity contribution in [2.75, 3.05) is 0 Å². The molecule has 1 heterocycles. The summed E-state index contributed by atoms with van der Waals surface area (Å²) in [6.45, 7) is 4.88. The van der Waals surface area contributed by atoms with E-state index >= 15 is 0 Å². The lowest BCUT2D eigenvalue weighted by atomic mass is 9.96. The number of hydrogen-bond acceptors (Lipinski definition) is 3. The molecule has 1 unspecified atom stereocenters. The van der Waals surface area contributed by atoms with Crippen LogP contribution in [0.25, 0.3) is 11.3 Å². The number of benzene rings is 2. The largest absolute Gasteiger partial charge is 0.350 e. The van der Waals surface area contributed by atoms with Gasteiger partial charge in [-0.1, -0.05) is 74.0 Å². The van der Waals surface area contributed by atoms with E-state index in [-0.39, 0.29) is 5.91 Å². The molecule has 0 aliphatic rings. The summed E-state index contributed by atoms with van der Waals surface area (Å²) in [6.07, 6.45) is 3.52. The molecule has 5 nitrogen and oxygen atoms in total. The van der Waals surface area contributed by atoms with Crippen LogP contribution in [0.2, 0.25) is 0 Å². The van der Waals surface area contributed by atoms with Gasteiger partial charge in [-0.05, 0) is 18.9 Å². The van der Waals surface area contributed by atoms with Crippen molar-refractivity contribution in [3.8, 4) is 11.3 Å². The molecule has 3 rings (SSSR count). The number of carbonyl (C=O) groups is 1. The van der Waals surface area contributed by atoms with Crippen molar-refractivity contribution in [2.45, 2.75) is 45.3 Å². The van der Waals surface area contributed by atoms with Crippen LogP contribution in [0.15, 0.2) is 66.9 Å². The normalized spacial score (nSPS) is 13.1. The Morgan fingerprint density at radius 3 is 2.39 bits per heavy atom. The lowest BCUT2D eigenvalue weighted by Gasteiger charge is -2.22. The number of nitrogens with one attached hydrogen (secondary N) is 1. The lowest BCUT2D eigenvalue weighted by Crippen LogP contribution is -2.51. The molecule has 3 N–H and O–H groups in total. The second-order valence-electron chi connectivity index (χ2n) is 7.40. The molecule has 0 aliphatic carbocycles. The molecule has 0 fully saturated rings. The first-order chi connectivity index (χ1) is 13.5. The Bertz CT molecular complexity index is 901. The molecule has 1 amide bonds. The summed E-state index contributed by atoms with van der Waals surface area (Å²) in [7, 11) is 0. The summed E-state index contributed by atoms with van der Waals surface area (Å²) < 4.78 is 1.92. The van der Waals surface area contributed by atoms with Crippen molar-refractivity contribution in [1.29, 1.82) is 0 Å². The monoisotopic (exact) mass is 376 g/mol. The van der Waals surface area contributed by atoms with Gasteiger partial charge in [-0.25, -0.2) is 0 Å². The zero-order valence-electron chi connectivity index (χ0n) is 16.6. The summed E-state index contributed by atoms with van der Waals surface area (Å²) in [6, 6.07) is 20.2. The minimum atomic E-state index is -0.859. The van der Waals surface area contributed by atoms with Crippen LogP contribution in [-0.4, -0.2) is 21.2 Å². The topological polar surface area (TPSA) is 72.9 Å². The molecule has 0 bridgehead atoms. The highest BCUT2D eigenvalue weighted by molar-refractivity contribution is 5.85. The predicted molar refractivity (Wildman–Crippen MR) is 113 cm³/mol. The van der Waals surface area contributed by atoms with E-state index in [0.29, 0.717) is 19.5 Å². The van der Waals surface area contributed by atoms with Gasteiger partial charge < -0.3 is 11.1 Å². The van der Waals surface area contributed by atoms with Crippen LogP contribution in [0.5, 0.6) is 0 Å². The molecule has 3 aromatic rings. The van der Waals surface area contributed by atoms with Crippen molar-refractivity contribution < 1.29 is 4.79 Å². The number of carbonyl (C=O) groups excluding carboxylic acids is 1. The van der Waals surface area contributed by atoms with Gasteiger partial charge in [0.2, 0.25) is 5.91 Å². The standard InChI is InChI=1S/C23H28N4O/c1-3-14-23(2,24)22(28)25-15-20-17-27(16-18-10-6-4-7-11-18)26-21(20)19-12-8-5-9-13-19/h4-13,17H,3,14-16,24H2,1-2H3,(H,25,28). The summed E-state index contributed by atoms with van der Waals surface area (Å²) in [4.78, 5) is 12.5. The minimum Gasteiger partial charge on any atom is -0.350 e. The highest BCUT2D eigenvalue weighted by atomic mass is 16.2. The Hall–Kier alpha value is -2.92. The zero-order valence-corrected chi connectivity index (χ0v) is 16.6. The van der Waals surface area contributed by atoms with Crippen molar-refractivity contribution >= 4 is 5.91 Å². The summed E-state index contributed by atoms with van der Waals surface area (Å²) in [5.74, 6) is -0.135. The average Bonchev–Trinajstić information content (AvgIpc) is 3.10. The fourth-order valence-corrected chi connectivity index (χ4v) is 3.29. The van der Waals surface area contributed by atoms with Crippen LogP contribution in [0.3, 0.4) is 0 Å². The van der Waals surface area contributed by atoms with Crippen LogP contribution in [0, 0.1) is 0 Å². The Kier molecular flexibility index (Phi) is 6.26. The number of amides is 1. The minimum absolute atomic E-state index is 0.135. The van der Waals surface area contributed by atoms with Gasteiger partial charge in [0.1, 0.15) is 0 Å². The van der Waals surface area contributed by atoms with Gasteiger partial charge in [-0.2, -0.15) is 5.10 Å². The first kappa shape index (κ1) is 19.8. The van der Waals surface area contributed by atoms with Crippen molar-refractivity contribution in [2.24, 2.45) is 5.73 Å². The maximum Gasteiger partial charge on any atom is 0.240 e. The molecular formula is C23H28N4O. The maximum absolute atomic E-state index is 12.5. The van der Waals surface area contributed by atoms with Crippen LogP contribution < -0.4 is 11.1 Å². The van der Waals surface area contributed by atoms with Crippen LogP contribution >= 0.6 is 0 Å². The van der Waals surface area contributed by atoms with E-state index in [2.05, 4.69) is 17.4 Å². The van der Waals surface area contributed by atoms with Crippen molar-refractivity contribution in [3.63, 3.8) is 0 Å². The number of nitrogens with two attached hydrogens (primary N) is 1. The van der Waals surface area contributed by atoms with Crippen LogP contribution in [0.4, 0.5) is 0 Å². The van der Waals surface area contributed by atoms with Gasteiger partial charge in [-0.3, -0.25) is 9.48 Å². The third-order valence-electron chi connectivity index (χ3n) is 4.80. The summed E-state index contributed by atoms with van der Waals surface area (Å²) in [5.41, 5.74) is 9.36. The summed E-state index contributed by atoms with van der Waals surface area (Å²) >= 11 is 0. The lowest BCUT2D eigenvalue weighted by molar-refractivity contribution is -0.126. The van der Waals surface area contributed by atoms with Gasteiger partial charge in [0.15, 0.2) is 0 Å². The second kappa shape index (κ2) is 8.85. The van der Waals surface area contributed by atoms with E-state index in [1.165, 1.54) is 5.56 Å². The molecular weight excluding hydrogens is 348 g/mol. The first-order valence-corrected chi connectivity index (χ1v) is 9.72. The number of aromatic nitrogens is 2. The number of hydrogen-bond donors (Lipinski definition) is 2. The molecule has 0 saturated carbocycles. The molecule has 28 heavy (non-hydrogen) atoms. The molecule has 5 heteroatoms. The molecule has 0 aliphatic heterocycles. The third-order valence-corrected chi connectivity index (χ3v) is 4.80. The van der Waals surface area contributed by atoms with E-state index in [0.717, 1.165) is 23.2 Å². The molecule has 0 spiro atoms. The van der Waals surface area contributed by atoms with Gasteiger partial charge in [0.25, 0.3) is 0 Å². The fourth-order valence-electron chi connectivity index (χ4n) is 3.29. The maximum atomic E-state index is 12.5. The Morgan fingerprint density at radius 2 is 1.75 bits per heavy atom. The number of nitrogens with zero attached hydrogens (tertiary/aromatic N) is 2. The van der Waals surface area contributed by atoms with Crippen LogP contribution in [-0.2, 0) is 17.9 Å². The molecule has 2 aromatic carbocycles. The molecule has 146 valence electrons. The van der Waals surface area contributed by atoms with E-state index in [1.54, 1.807) is 6.92 Å². The van der Waals surface area contributed by atoms with Gasteiger partial charge in [0, 0.05) is 23.9 Å². The van der Waals surface area contributed by atoms with Crippen molar-refractivity contribution in [3.05, 3.63) is 78.0 Å².